The molecule has 0 saturated heterocycles. The number of nitrogens with one attached hydrogen (secondary N) is 1. The monoisotopic (exact) mass is 247 g/mol. The predicted molar refractivity (Wildman–Crippen MR) is 73.9 cm³/mol. The maximum absolute atomic E-state index is 12.2. The fourth-order valence-electron chi connectivity index (χ4n) is 2.46. The Kier molecular flexibility index (Phi) is 3.87. The van der Waals surface area contributed by atoms with E-state index in [9.17, 15) is 4.79 Å². The van der Waals surface area contributed by atoms with E-state index in [1.165, 1.54) is 5.56 Å². The van der Waals surface area contributed by atoms with E-state index in [4.69, 9.17) is 5.73 Å². The summed E-state index contributed by atoms with van der Waals surface area (Å²) in [6.45, 7) is 5.32. The Bertz CT molecular complexity index is 431. The van der Waals surface area contributed by atoms with E-state index in [0.29, 0.717) is 12.5 Å². The number of urea groups is 1. The second-order valence-electron chi connectivity index (χ2n) is 5.05. The molecule has 4 heteroatoms. The van der Waals surface area contributed by atoms with Crippen molar-refractivity contribution in [2.45, 2.75) is 32.2 Å². The third-order valence-electron chi connectivity index (χ3n) is 3.24. The zero-order chi connectivity index (χ0) is 13.1. The molecule has 0 radical (unpaired) electrons. The molecule has 1 aliphatic heterocycles. The Balaban J connectivity index is 2.22. The molecule has 1 unspecified atom stereocenters. The summed E-state index contributed by atoms with van der Waals surface area (Å²) < 4.78 is 0. The Labute approximate surface area is 108 Å². The number of carbonyl (C=O) groups is 1. The number of hydrogen-bond donors (Lipinski definition) is 2. The molecule has 4 nitrogen and oxygen atoms in total. The highest BCUT2D eigenvalue weighted by Gasteiger charge is 2.31. The number of para-hydroxylation sites is 1. The smallest absolute Gasteiger partial charge is 0.322 e. The van der Waals surface area contributed by atoms with Crippen LogP contribution in [0.4, 0.5) is 10.5 Å². The number of hydrogen-bond acceptors (Lipinski definition) is 2. The van der Waals surface area contributed by atoms with Crippen LogP contribution in [0.1, 0.15) is 31.7 Å². The maximum atomic E-state index is 12.2. The van der Waals surface area contributed by atoms with Gasteiger partial charge in [-0.25, -0.2) is 4.79 Å². The van der Waals surface area contributed by atoms with Gasteiger partial charge in [0.05, 0.1) is 0 Å². The lowest BCUT2D eigenvalue weighted by Gasteiger charge is -2.20. The Morgan fingerprint density at radius 2 is 2.22 bits per heavy atom. The molecule has 1 aromatic rings. The van der Waals surface area contributed by atoms with Crippen LogP contribution in [-0.4, -0.2) is 25.2 Å². The summed E-state index contributed by atoms with van der Waals surface area (Å²) in [7, 11) is 0. The fraction of sp³-hybridized carbons (Fsp3) is 0.500. The van der Waals surface area contributed by atoms with Crippen molar-refractivity contribution in [1.29, 1.82) is 0 Å². The molecule has 98 valence electrons. The van der Waals surface area contributed by atoms with Crippen LogP contribution < -0.4 is 16.0 Å². The van der Waals surface area contributed by atoms with Gasteiger partial charge in [-0.2, -0.15) is 0 Å². The van der Waals surface area contributed by atoms with Gasteiger partial charge in [0.15, 0.2) is 0 Å². The first-order valence-electron chi connectivity index (χ1n) is 6.50. The van der Waals surface area contributed by atoms with E-state index in [2.05, 4.69) is 11.4 Å². The minimum Gasteiger partial charge on any atom is -0.336 e. The molecule has 3 N–H and O–H groups in total. The van der Waals surface area contributed by atoms with Gasteiger partial charge in [0.1, 0.15) is 0 Å². The van der Waals surface area contributed by atoms with Gasteiger partial charge in [0.2, 0.25) is 0 Å². The molecule has 0 fully saturated rings. The van der Waals surface area contributed by atoms with Crippen molar-refractivity contribution in [2.75, 3.05) is 18.0 Å². The number of nitrogens with two attached hydrogens (primary N) is 1. The summed E-state index contributed by atoms with van der Waals surface area (Å²) in [6, 6.07) is 8.23. The summed E-state index contributed by atoms with van der Waals surface area (Å²) in [5.74, 6) is 0.365. The molecule has 1 aromatic carbocycles. The number of rotatable bonds is 3. The first-order valence-corrected chi connectivity index (χ1v) is 6.50. The van der Waals surface area contributed by atoms with Gasteiger partial charge in [-0.05, 0) is 38.4 Å². The molecule has 1 atom stereocenters. The quantitative estimate of drug-likeness (QED) is 0.859. The number of nitrogens with zero attached hydrogens (tertiary/aromatic N) is 1. The average Bonchev–Trinajstić information content (AvgIpc) is 2.68. The van der Waals surface area contributed by atoms with Gasteiger partial charge in [-0.3, -0.25) is 4.90 Å². The highest BCUT2D eigenvalue weighted by Crippen LogP contribution is 2.37. The number of amides is 2. The van der Waals surface area contributed by atoms with E-state index in [1.54, 1.807) is 0 Å². The van der Waals surface area contributed by atoms with Crippen LogP contribution in [0.15, 0.2) is 24.3 Å². The molecular formula is C14H21N3O. The molecule has 0 spiro atoms. The van der Waals surface area contributed by atoms with E-state index >= 15 is 0 Å². The largest absolute Gasteiger partial charge is 0.336 e. The van der Waals surface area contributed by atoms with Crippen LogP contribution in [0.2, 0.25) is 0 Å². The Morgan fingerprint density at radius 3 is 2.89 bits per heavy atom. The number of anilines is 1. The van der Waals surface area contributed by atoms with Crippen LogP contribution in [0, 0.1) is 0 Å². The second kappa shape index (κ2) is 5.40. The van der Waals surface area contributed by atoms with E-state index in [-0.39, 0.29) is 12.1 Å². The second-order valence-corrected chi connectivity index (χ2v) is 5.05. The van der Waals surface area contributed by atoms with Crippen LogP contribution in [0.5, 0.6) is 0 Å². The maximum Gasteiger partial charge on any atom is 0.322 e. The van der Waals surface area contributed by atoms with Crippen LogP contribution in [0.25, 0.3) is 0 Å². The van der Waals surface area contributed by atoms with Crippen molar-refractivity contribution >= 4 is 11.7 Å². The molecule has 1 heterocycles. The normalized spacial score (nSPS) is 18.0. The zero-order valence-electron chi connectivity index (χ0n) is 11.0. The summed E-state index contributed by atoms with van der Waals surface area (Å²) in [5.41, 5.74) is 7.91. The Hall–Kier alpha value is -1.55. The van der Waals surface area contributed by atoms with Crippen molar-refractivity contribution in [1.82, 2.24) is 5.32 Å². The van der Waals surface area contributed by atoms with Gasteiger partial charge in [0.25, 0.3) is 0 Å². The first kappa shape index (κ1) is 12.9. The highest BCUT2D eigenvalue weighted by molar-refractivity contribution is 5.94. The zero-order valence-corrected chi connectivity index (χ0v) is 11.0. The summed E-state index contributed by atoms with van der Waals surface area (Å²) >= 11 is 0. The Morgan fingerprint density at radius 1 is 1.50 bits per heavy atom. The van der Waals surface area contributed by atoms with E-state index in [0.717, 1.165) is 18.7 Å². The molecular weight excluding hydrogens is 226 g/mol. The van der Waals surface area contributed by atoms with E-state index < -0.39 is 0 Å². The molecule has 1 aliphatic rings. The molecule has 0 saturated carbocycles. The minimum absolute atomic E-state index is 0.0167. The SMILES string of the molecule is CC(C)NC(=O)N1CC(CCN)c2ccccc21. The minimum atomic E-state index is -0.0167. The standard InChI is InChI=1S/C14H21N3O/c1-10(2)16-14(18)17-9-11(7-8-15)12-5-3-4-6-13(12)17/h3-6,10-11H,7-9,15H2,1-2H3,(H,16,18). The van der Waals surface area contributed by atoms with Gasteiger partial charge in [-0.1, -0.05) is 18.2 Å². The van der Waals surface area contributed by atoms with Crippen molar-refractivity contribution in [3.05, 3.63) is 29.8 Å². The predicted octanol–water partition coefficient (Wildman–Crippen LogP) is 2.06. The summed E-state index contributed by atoms with van der Waals surface area (Å²) in [4.78, 5) is 14.0. The molecule has 2 amide bonds. The van der Waals surface area contributed by atoms with Gasteiger partial charge >= 0.3 is 6.03 Å². The van der Waals surface area contributed by atoms with Crippen molar-refractivity contribution in [2.24, 2.45) is 5.73 Å². The third kappa shape index (κ3) is 2.48. The lowest BCUT2D eigenvalue weighted by molar-refractivity contribution is 0.244. The van der Waals surface area contributed by atoms with Crippen molar-refractivity contribution in [3.8, 4) is 0 Å². The lowest BCUT2D eigenvalue weighted by Crippen LogP contribution is -2.42. The lowest BCUT2D eigenvalue weighted by atomic mass is 9.98. The van der Waals surface area contributed by atoms with Gasteiger partial charge in [0, 0.05) is 24.2 Å². The fourth-order valence-corrected chi connectivity index (χ4v) is 2.46. The molecule has 18 heavy (non-hydrogen) atoms. The first-order chi connectivity index (χ1) is 8.63. The third-order valence-corrected chi connectivity index (χ3v) is 3.24. The van der Waals surface area contributed by atoms with Crippen LogP contribution in [0.3, 0.4) is 0 Å². The topological polar surface area (TPSA) is 58.4 Å². The summed E-state index contributed by atoms with van der Waals surface area (Å²) in [6.07, 6.45) is 0.919. The van der Waals surface area contributed by atoms with Crippen LogP contribution >= 0.6 is 0 Å². The molecule has 2 rings (SSSR count). The highest BCUT2D eigenvalue weighted by atomic mass is 16.2. The number of benzene rings is 1. The summed E-state index contributed by atoms with van der Waals surface area (Å²) in [5, 5.41) is 2.94. The van der Waals surface area contributed by atoms with Crippen molar-refractivity contribution < 1.29 is 4.79 Å². The van der Waals surface area contributed by atoms with E-state index in [1.807, 2.05) is 36.9 Å². The number of fused-ring (bicyclic) bond motifs is 1. The van der Waals surface area contributed by atoms with Crippen LogP contribution in [-0.2, 0) is 0 Å². The van der Waals surface area contributed by atoms with Gasteiger partial charge < -0.3 is 11.1 Å². The van der Waals surface area contributed by atoms with Gasteiger partial charge in [-0.15, -0.1) is 0 Å². The average molecular weight is 247 g/mol. The molecule has 0 aromatic heterocycles. The number of carbonyl (C=O) groups excluding carboxylic acids is 1. The van der Waals surface area contributed by atoms with Crippen molar-refractivity contribution in [3.63, 3.8) is 0 Å². The molecule has 0 aliphatic carbocycles. The molecule has 0 bridgehead atoms.